The van der Waals surface area contributed by atoms with Crippen LogP contribution < -0.4 is 9.64 Å². The third kappa shape index (κ3) is 3.10. The quantitative estimate of drug-likeness (QED) is 0.248. The van der Waals surface area contributed by atoms with E-state index in [-0.39, 0.29) is 17.3 Å². The number of Topliss-reactive ketones (excluding diaryl/α,β-unsaturated/α-hetero) is 3. The molecule has 4 aromatic carbocycles. The van der Waals surface area contributed by atoms with E-state index in [1.165, 1.54) is 0 Å². The number of ether oxygens (including phenoxy) is 1. The van der Waals surface area contributed by atoms with Crippen LogP contribution in [0.4, 0.5) is 5.69 Å². The second kappa shape index (κ2) is 8.63. The molecule has 2 aliphatic heterocycles. The molecule has 3 unspecified atom stereocenters. The lowest BCUT2D eigenvalue weighted by Gasteiger charge is -2.37. The highest BCUT2D eigenvalue weighted by Gasteiger charge is 2.71. The first-order valence-corrected chi connectivity index (χ1v) is 13.0. The molecule has 4 aromatic rings. The minimum Gasteiger partial charge on any atom is -0.497 e. The van der Waals surface area contributed by atoms with Crippen molar-refractivity contribution in [1.82, 2.24) is 0 Å². The highest BCUT2D eigenvalue weighted by Crippen LogP contribution is 2.61. The highest BCUT2D eigenvalue weighted by atomic mass is 16.5. The lowest BCUT2D eigenvalue weighted by atomic mass is 9.64. The van der Waals surface area contributed by atoms with Gasteiger partial charge in [-0.2, -0.15) is 0 Å². The lowest BCUT2D eigenvalue weighted by Crippen LogP contribution is -2.48. The van der Waals surface area contributed by atoms with E-state index in [9.17, 15) is 14.4 Å². The van der Waals surface area contributed by atoms with E-state index >= 15 is 0 Å². The molecule has 0 N–H and O–H groups in total. The van der Waals surface area contributed by atoms with E-state index in [1.807, 2.05) is 83.8 Å². The van der Waals surface area contributed by atoms with Gasteiger partial charge in [-0.1, -0.05) is 97.1 Å². The standard InChI is InChI=1S/C34H25NO4/c1-39-24-14-9-13-23(20-24)29-30(31(36)22-11-3-2-4-12-22)35-27-17-8-5-10-21(27)18-19-28(35)34(29)32(37)25-15-6-7-16-26(25)33(34)38/h2-20,28-30H,1H3. The van der Waals surface area contributed by atoms with Crippen LogP contribution in [0.1, 0.15) is 48.1 Å². The number of ketones is 3. The van der Waals surface area contributed by atoms with Crippen LogP contribution in [0, 0.1) is 5.41 Å². The molecular formula is C34H25NO4. The largest absolute Gasteiger partial charge is 0.497 e. The SMILES string of the molecule is COc1cccc(C2C(C(=O)c3ccccc3)N3c4ccccc4C=CC3C23C(=O)c2ccccc2C3=O)c1. The average molecular weight is 512 g/mol. The summed E-state index contributed by atoms with van der Waals surface area (Å²) in [7, 11) is 1.58. The van der Waals surface area contributed by atoms with E-state index in [4.69, 9.17) is 4.74 Å². The summed E-state index contributed by atoms with van der Waals surface area (Å²) in [6, 6.07) is 30.0. The molecular weight excluding hydrogens is 486 g/mol. The van der Waals surface area contributed by atoms with Crippen LogP contribution in [0.15, 0.2) is 109 Å². The van der Waals surface area contributed by atoms with E-state index < -0.39 is 23.4 Å². The molecule has 0 bridgehead atoms. The summed E-state index contributed by atoms with van der Waals surface area (Å²) in [6.45, 7) is 0. The van der Waals surface area contributed by atoms with Gasteiger partial charge in [0.25, 0.3) is 0 Å². The number of benzene rings is 4. The number of methoxy groups -OCH3 is 1. The minimum absolute atomic E-state index is 0.132. The maximum atomic E-state index is 14.6. The average Bonchev–Trinajstić information content (AvgIpc) is 3.43. The molecule has 2 heterocycles. The summed E-state index contributed by atoms with van der Waals surface area (Å²) >= 11 is 0. The summed E-state index contributed by atoms with van der Waals surface area (Å²) in [6.07, 6.45) is 3.91. The van der Waals surface area contributed by atoms with E-state index in [1.54, 1.807) is 43.5 Å². The van der Waals surface area contributed by atoms with Crippen molar-refractivity contribution in [2.24, 2.45) is 5.41 Å². The number of carbonyl (C=O) groups excluding carboxylic acids is 3. The van der Waals surface area contributed by atoms with Gasteiger partial charge in [0.05, 0.1) is 13.2 Å². The second-order valence-electron chi connectivity index (χ2n) is 10.3. The van der Waals surface area contributed by atoms with Gasteiger partial charge in [-0.05, 0) is 29.3 Å². The Labute approximate surface area is 226 Å². The zero-order valence-electron chi connectivity index (χ0n) is 21.3. The Morgan fingerprint density at radius 2 is 1.46 bits per heavy atom. The van der Waals surface area contributed by atoms with Gasteiger partial charge in [0.1, 0.15) is 17.2 Å². The summed E-state index contributed by atoms with van der Waals surface area (Å²) < 4.78 is 5.55. The van der Waals surface area contributed by atoms with Gasteiger partial charge in [-0.25, -0.2) is 0 Å². The Hall–Kier alpha value is -4.77. The Bertz CT molecular complexity index is 1650. The fourth-order valence-corrected chi connectivity index (χ4v) is 6.90. The molecule has 0 aromatic heterocycles. The van der Waals surface area contributed by atoms with Crippen LogP contribution in [0.25, 0.3) is 6.08 Å². The fraction of sp³-hybridized carbons (Fsp3) is 0.147. The number of para-hydroxylation sites is 1. The number of anilines is 1. The fourth-order valence-electron chi connectivity index (χ4n) is 6.90. The molecule has 1 saturated heterocycles. The van der Waals surface area contributed by atoms with Gasteiger partial charge in [0.15, 0.2) is 17.3 Å². The van der Waals surface area contributed by atoms with Gasteiger partial charge in [0, 0.05) is 28.3 Å². The van der Waals surface area contributed by atoms with Crippen molar-refractivity contribution in [1.29, 1.82) is 0 Å². The van der Waals surface area contributed by atoms with E-state index in [2.05, 4.69) is 0 Å². The normalized spacial score (nSPS) is 22.0. The molecule has 0 amide bonds. The van der Waals surface area contributed by atoms with Crippen LogP contribution >= 0.6 is 0 Å². The topological polar surface area (TPSA) is 63.7 Å². The van der Waals surface area contributed by atoms with Crippen LogP contribution in [0.2, 0.25) is 0 Å². The third-order valence-electron chi connectivity index (χ3n) is 8.49. The molecule has 3 atom stereocenters. The molecule has 5 heteroatoms. The van der Waals surface area contributed by atoms with Gasteiger partial charge < -0.3 is 9.64 Å². The first-order chi connectivity index (χ1) is 19.1. The summed E-state index contributed by atoms with van der Waals surface area (Å²) in [5.74, 6) is -0.762. The first-order valence-electron chi connectivity index (χ1n) is 13.0. The van der Waals surface area contributed by atoms with Gasteiger partial charge in [-0.3, -0.25) is 14.4 Å². The molecule has 7 rings (SSSR count). The molecule has 3 aliphatic rings. The highest BCUT2D eigenvalue weighted by molar-refractivity contribution is 6.32. The first kappa shape index (κ1) is 23.4. The van der Waals surface area contributed by atoms with Crippen LogP contribution in [0.3, 0.4) is 0 Å². The van der Waals surface area contributed by atoms with Crippen molar-refractivity contribution in [3.8, 4) is 5.75 Å². The van der Waals surface area contributed by atoms with Crippen molar-refractivity contribution < 1.29 is 19.1 Å². The lowest BCUT2D eigenvalue weighted by molar-refractivity contribution is 0.0665. The number of hydrogen-bond donors (Lipinski definition) is 0. The van der Waals surface area contributed by atoms with Crippen molar-refractivity contribution in [3.63, 3.8) is 0 Å². The van der Waals surface area contributed by atoms with Crippen LogP contribution in [0.5, 0.6) is 5.75 Å². The zero-order chi connectivity index (χ0) is 26.7. The van der Waals surface area contributed by atoms with Crippen molar-refractivity contribution in [2.45, 2.75) is 18.0 Å². The molecule has 0 radical (unpaired) electrons. The Morgan fingerprint density at radius 1 is 0.795 bits per heavy atom. The van der Waals surface area contributed by atoms with Crippen molar-refractivity contribution in [3.05, 3.63) is 137 Å². The van der Waals surface area contributed by atoms with E-state index in [0.29, 0.717) is 22.4 Å². The summed E-state index contributed by atoms with van der Waals surface area (Å²) in [5.41, 5.74) is 2.34. The molecule has 1 fully saturated rings. The number of rotatable bonds is 4. The van der Waals surface area contributed by atoms with Crippen LogP contribution in [-0.4, -0.2) is 36.5 Å². The summed E-state index contributed by atoms with van der Waals surface area (Å²) in [4.78, 5) is 45.8. The van der Waals surface area contributed by atoms with Gasteiger partial charge >= 0.3 is 0 Å². The molecule has 190 valence electrons. The molecule has 0 saturated carbocycles. The predicted molar refractivity (Wildman–Crippen MR) is 150 cm³/mol. The minimum atomic E-state index is -1.52. The van der Waals surface area contributed by atoms with Crippen molar-refractivity contribution >= 4 is 29.1 Å². The summed E-state index contributed by atoms with van der Waals surface area (Å²) in [5, 5.41) is 0. The second-order valence-corrected chi connectivity index (χ2v) is 10.3. The molecule has 39 heavy (non-hydrogen) atoms. The maximum absolute atomic E-state index is 14.6. The Kier molecular flexibility index (Phi) is 5.17. The van der Waals surface area contributed by atoms with Crippen molar-refractivity contribution in [2.75, 3.05) is 12.0 Å². The molecule has 5 nitrogen and oxygen atoms in total. The van der Waals surface area contributed by atoms with Gasteiger partial charge in [0.2, 0.25) is 0 Å². The number of carbonyl (C=O) groups is 3. The maximum Gasteiger partial charge on any atom is 0.185 e. The molecule has 1 aliphatic carbocycles. The van der Waals surface area contributed by atoms with Gasteiger partial charge in [-0.15, -0.1) is 0 Å². The zero-order valence-corrected chi connectivity index (χ0v) is 21.3. The predicted octanol–water partition coefficient (Wildman–Crippen LogP) is 6.01. The third-order valence-corrected chi connectivity index (χ3v) is 8.49. The Balaban J connectivity index is 1.56. The molecule has 1 spiro atoms. The van der Waals surface area contributed by atoms with Crippen LogP contribution in [-0.2, 0) is 0 Å². The Morgan fingerprint density at radius 3 is 2.18 bits per heavy atom. The number of nitrogens with zero attached hydrogens (tertiary/aromatic N) is 1. The van der Waals surface area contributed by atoms with E-state index in [0.717, 1.165) is 16.8 Å². The number of fused-ring (bicyclic) bond motifs is 5. The monoisotopic (exact) mass is 511 g/mol. The smallest absolute Gasteiger partial charge is 0.185 e. The number of hydrogen-bond acceptors (Lipinski definition) is 5.